The number of carbonyl (C=O) groups excluding carboxylic acids is 3. The number of amides is 2. The van der Waals surface area contributed by atoms with Crippen molar-refractivity contribution >= 4 is 25.2 Å². The fourth-order valence-corrected chi connectivity index (χ4v) is 8.24. The molecule has 1 heterocycles. The highest BCUT2D eigenvalue weighted by Gasteiger charge is 2.41. The molecule has 0 spiro atoms. The minimum atomic E-state index is -3.50. The molecule has 0 saturated carbocycles. The van der Waals surface area contributed by atoms with Crippen molar-refractivity contribution in [3.8, 4) is 0 Å². The lowest BCUT2D eigenvalue weighted by atomic mass is 10.1. The van der Waals surface area contributed by atoms with Gasteiger partial charge in [0, 0.05) is 12.6 Å². The first-order valence-corrected chi connectivity index (χ1v) is 16.5. The maximum absolute atomic E-state index is 14.2. The van der Waals surface area contributed by atoms with Crippen LogP contribution in [0.4, 0.5) is 0 Å². The Morgan fingerprint density at radius 3 is 1.95 bits per heavy atom. The summed E-state index contributed by atoms with van der Waals surface area (Å²) in [5, 5.41) is 0. The maximum Gasteiger partial charge on any atom is 0.333 e. The number of likely N-dealkylation sites (tertiary alicyclic amines) is 1. The van der Waals surface area contributed by atoms with Gasteiger partial charge >= 0.3 is 5.97 Å². The lowest BCUT2D eigenvalue weighted by Gasteiger charge is -2.33. The fourth-order valence-electron chi connectivity index (χ4n) is 6.02. The molecule has 220 valence electrons. The van der Waals surface area contributed by atoms with E-state index in [2.05, 4.69) is 0 Å². The van der Waals surface area contributed by atoms with Crippen LogP contribution in [0.25, 0.3) is 0 Å². The van der Waals surface area contributed by atoms with Gasteiger partial charge in [-0.25, -0.2) is 4.79 Å². The molecule has 3 aromatic rings. The quantitative estimate of drug-likeness (QED) is 0.349. The zero-order valence-electron chi connectivity index (χ0n) is 23.9. The van der Waals surface area contributed by atoms with Gasteiger partial charge in [-0.3, -0.25) is 14.2 Å². The molecule has 1 fully saturated rings. The highest BCUT2D eigenvalue weighted by Crippen LogP contribution is 2.54. The number of rotatable bonds is 10. The summed E-state index contributed by atoms with van der Waals surface area (Å²) in [5.74, 6) is -1.29. The molecule has 9 heteroatoms. The summed E-state index contributed by atoms with van der Waals surface area (Å²) < 4.78 is 20.1. The lowest BCUT2D eigenvalue weighted by Crippen LogP contribution is -2.53. The summed E-state index contributed by atoms with van der Waals surface area (Å²) in [4.78, 5) is 43.5. The Bertz CT molecular complexity index is 1390. The Labute approximate surface area is 247 Å². The van der Waals surface area contributed by atoms with E-state index >= 15 is 0 Å². The van der Waals surface area contributed by atoms with Crippen LogP contribution >= 0.6 is 7.37 Å². The zero-order chi connectivity index (χ0) is 29.7. The van der Waals surface area contributed by atoms with E-state index in [4.69, 9.17) is 10.3 Å². The number of nitrogens with two attached hydrogens (primary N) is 1. The molecule has 2 amide bonds. The van der Waals surface area contributed by atoms with Gasteiger partial charge in [-0.05, 0) is 54.9 Å². The van der Waals surface area contributed by atoms with Crippen molar-refractivity contribution < 1.29 is 23.5 Å². The summed E-state index contributed by atoms with van der Waals surface area (Å²) in [7, 11) is -3.50. The molecule has 5 rings (SSSR count). The summed E-state index contributed by atoms with van der Waals surface area (Å²) in [6.45, 7) is 1.81. The van der Waals surface area contributed by atoms with Gasteiger partial charge in [-0.2, -0.15) is 0 Å². The minimum absolute atomic E-state index is 0.105. The molecular weight excluding hydrogens is 549 g/mol. The molecule has 1 aliphatic carbocycles. The van der Waals surface area contributed by atoms with Gasteiger partial charge in [0.1, 0.15) is 12.6 Å². The monoisotopic (exact) mass is 587 g/mol. The Kier molecular flexibility index (Phi) is 9.24. The average molecular weight is 588 g/mol. The molecule has 0 radical (unpaired) electrons. The Balaban J connectivity index is 1.31. The molecular formula is C33H38N3O5P. The topological polar surface area (TPSA) is 110 Å². The third kappa shape index (κ3) is 7.00. The van der Waals surface area contributed by atoms with Gasteiger partial charge in [0.05, 0.1) is 18.4 Å². The van der Waals surface area contributed by atoms with E-state index in [1.807, 2.05) is 84.9 Å². The van der Waals surface area contributed by atoms with E-state index in [1.165, 1.54) is 4.90 Å². The van der Waals surface area contributed by atoms with Gasteiger partial charge in [0.25, 0.3) is 7.37 Å². The van der Waals surface area contributed by atoms with Crippen molar-refractivity contribution in [1.82, 2.24) is 9.80 Å². The number of benzene rings is 3. The smallest absolute Gasteiger partial charge is 0.333 e. The van der Waals surface area contributed by atoms with Crippen molar-refractivity contribution in [2.45, 2.75) is 63.1 Å². The van der Waals surface area contributed by atoms with E-state index in [0.29, 0.717) is 32.2 Å². The molecule has 1 saturated heterocycles. The molecule has 0 bridgehead atoms. The SMILES string of the molecule is C[C@H](N)C(=O)N(CC(=O)N1CCC[C@H]1C(=O)OP(=O)(Cc1ccccc1)Cc1ccccc1)C1Cc2ccccc2C1. The second-order valence-corrected chi connectivity index (χ2v) is 13.8. The van der Waals surface area contributed by atoms with E-state index in [1.54, 1.807) is 11.8 Å². The molecule has 2 atom stereocenters. The lowest BCUT2D eigenvalue weighted by molar-refractivity contribution is -0.149. The summed E-state index contributed by atoms with van der Waals surface area (Å²) >= 11 is 0. The van der Waals surface area contributed by atoms with E-state index in [9.17, 15) is 18.9 Å². The van der Waals surface area contributed by atoms with Gasteiger partial charge in [0.2, 0.25) is 11.8 Å². The maximum atomic E-state index is 14.2. The second kappa shape index (κ2) is 13.1. The van der Waals surface area contributed by atoms with Gasteiger partial charge in [-0.15, -0.1) is 0 Å². The van der Waals surface area contributed by atoms with Gasteiger partial charge < -0.3 is 20.1 Å². The second-order valence-electron chi connectivity index (χ2n) is 11.3. The fraction of sp³-hybridized carbons (Fsp3) is 0.364. The largest absolute Gasteiger partial charge is 0.410 e. The first-order chi connectivity index (χ1) is 20.2. The molecule has 0 unspecified atom stereocenters. The summed E-state index contributed by atoms with van der Waals surface area (Å²) in [6.07, 6.45) is 2.54. The van der Waals surface area contributed by atoms with Crippen molar-refractivity contribution in [3.63, 3.8) is 0 Å². The van der Waals surface area contributed by atoms with Crippen LogP contribution < -0.4 is 5.73 Å². The van der Waals surface area contributed by atoms with Crippen LogP contribution in [0.15, 0.2) is 84.9 Å². The Morgan fingerprint density at radius 1 is 0.905 bits per heavy atom. The number of fused-ring (bicyclic) bond motifs is 1. The molecule has 1 aliphatic heterocycles. The van der Waals surface area contributed by atoms with Crippen molar-refractivity contribution in [1.29, 1.82) is 0 Å². The normalized spacial score (nSPS) is 17.5. The van der Waals surface area contributed by atoms with Crippen LogP contribution in [-0.4, -0.2) is 58.8 Å². The van der Waals surface area contributed by atoms with Crippen LogP contribution in [0, 0.1) is 0 Å². The number of nitrogens with zero attached hydrogens (tertiary/aromatic N) is 2. The first kappa shape index (κ1) is 29.7. The molecule has 3 aromatic carbocycles. The molecule has 42 heavy (non-hydrogen) atoms. The third-order valence-corrected chi connectivity index (χ3v) is 10.3. The zero-order valence-corrected chi connectivity index (χ0v) is 24.8. The predicted molar refractivity (Wildman–Crippen MR) is 162 cm³/mol. The third-order valence-electron chi connectivity index (χ3n) is 8.08. The van der Waals surface area contributed by atoms with Crippen molar-refractivity contribution in [3.05, 3.63) is 107 Å². The highest BCUT2D eigenvalue weighted by atomic mass is 31.2. The van der Waals surface area contributed by atoms with Crippen LogP contribution in [0.2, 0.25) is 0 Å². The van der Waals surface area contributed by atoms with E-state index in [-0.39, 0.29) is 36.7 Å². The summed E-state index contributed by atoms with van der Waals surface area (Å²) in [6, 6.07) is 24.9. The van der Waals surface area contributed by atoms with Crippen molar-refractivity contribution in [2.75, 3.05) is 13.1 Å². The van der Waals surface area contributed by atoms with E-state index in [0.717, 1.165) is 22.3 Å². The molecule has 0 aromatic heterocycles. The molecule has 2 aliphatic rings. The predicted octanol–water partition coefficient (Wildman–Crippen LogP) is 4.54. The highest BCUT2D eigenvalue weighted by molar-refractivity contribution is 7.57. The number of carbonyl (C=O) groups is 3. The Hall–Kier alpha value is -3.74. The van der Waals surface area contributed by atoms with Crippen LogP contribution in [-0.2, 0) is 48.6 Å². The molecule has 8 nitrogen and oxygen atoms in total. The average Bonchev–Trinajstić information content (AvgIpc) is 3.64. The van der Waals surface area contributed by atoms with E-state index < -0.39 is 25.4 Å². The van der Waals surface area contributed by atoms with Gasteiger partial charge in [-0.1, -0.05) is 84.9 Å². The van der Waals surface area contributed by atoms with Gasteiger partial charge in [0.15, 0.2) is 0 Å². The summed E-state index contributed by atoms with van der Waals surface area (Å²) in [5.41, 5.74) is 9.93. The standard InChI is InChI=1S/C33H38N3O5P/c1-24(34)32(38)36(29-19-27-15-8-9-16-28(27)20-29)21-31(37)35-18-10-17-30(35)33(39)41-42(40,22-25-11-4-2-5-12-25)23-26-13-6-3-7-14-26/h2-9,11-16,24,29-30H,10,17-23,34H2,1H3/t24-,30-/m0/s1. The first-order valence-electron chi connectivity index (χ1n) is 14.5. The molecule has 2 N–H and O–H groups in total. The van der Waals surface area contributed by atoms with Crippen LogP contribution in [0.1, 0.15) is 42.0 Å². The Morgan fingerprint density at radius 2 is 1.43 bits per heavy atom. The van der Waals surface area contributed by atoms with Crippen LogP contribution in [0.3, 0.4) is 0 Å². The minimum Gasteiger partial charge on any atom is -0.410 e. The van der Waals surface area contributed by atoms with Crippen molar-refractivity contribution in [2.24, 2.45) is 5.73 Å². The van der Waals surface area contributed by atoms with Crippen LogP contribution in [0.5, 0.6) is 0 Å². The number of hydrogen-bond donors (Lipinski definition) is 1. The number of hydrogen-bond acceptors (Lipinski definition) is 6.